The normalized spacial score (nSPS) is 11.9. The van der Waals surface area contributed by atoms with E-state index >= 15 is 0 Å². The van der Waals surface area contributed by atoms with E-state index in [9.17, 15) is 4.39 Å². The van der Waals surface area contributed by atoms with E-state index in [0.29, 0.717) is 5.65 Å². The molecule has 0 amide bonds. The Morgan fingerprint density at radius 2 is 1.78 bits per heavy atom. The van der Waals surface area contributed by atoms with E-state index in [2.05, 4.69) is 60.3 Å². The highest BCUT2D eigenvalue weighted by Gasteiger charge is 2.16. The SMILES string of the molecule is Cc1nc2ccc(F)cn2c1-c1csc(Nc2ccc(C(C)(C)C)cc2)n1. The van der Waals surface area contributed by atoms with Crippen molar-refractivity contribution in [3.8, 4) is 11.4 Å². The van der Waals surface area contributed by atoms with Gasteiger partial charge in [-0.15, -0.1) is 11.3 Å². The van der Waals surface area contributed by atoms with Crippen molar-refractivity contribution >= 4 is 27.8 Å². The maximum absolute atomic E-state index is 13.7. The van der Waals surface area contributed by atoms with E-state index in [1.54, 1.807) is 10.5 Å². The van der Waals surface area contributed by atoms with Crippen molar-refractivity contribution in [2.45, 2.75) is 33.1 Å². The standard InChI is InChI=1S/C21H21FN4S/c1-13-19(26-11-15(22)7-10-18(26)23-13)17-12-27-20(25-17)24-16-8-5-14(6-9-16)21(2,3)4/h5-12H,1-4H3,(H,24,25). The smallest absolute Gasteiger partial charge is 0.187 e. The van der Waals surface area contributed by atoms with Crippen molar-refractivity contribution in [3.05, 3.63) is 65.0 Å². The number of rotatable bonds is 3. The van der Waals surface area contributed by atoms with E-state index in [4.69, 9.17) is 0 Å². The molecule has 4 aromatic rings. The molecular formula is C21H21FN4S. The van der Waals surface area contributed by atoms with Crippen LogP contribution in [-0.2, 0) is 5.41 Å². The van der Waals surface area contributed by atoms with Gasteiger partial charge in [-0.3, -0.25) is 4.40 Å². The molecule has 0 bridgehead atoms. The number of imidazole rings is 1. The van der Waals surface area contributed by atoms with Gasteiger partial charge in [0.1, 0.15) is 17.2 Å². The fourth-order valence-corrected chi connectivity index (χ4v) is 3.78. The lowest BCUT2D eigenvalue weighted by Crippen LogP contribution is -2.10. The highest BCUT2D eigenvalue weighted by atomic mass is 32.1. The van der Waals surface area contributed by atoms with Gasteiger partial charge in [0.15, 0.2) is 5.13 Å². The topological polar surface area (TPSA) is 42.2 Å². The Bertz CT molecular complexity index is 1100. The molecule has 1 N–H and O–H groups in total. The third-order valence-corrected chi connectivity index (χ3v) is 5.26. The molecule has 0 saturated carbocycles. The number of fused-ring (bicyclic) bond motifs is 1. The summed E-state index contributed by atoms with van der Waals surface area (Å²) in [4.78, 5) is 9.18. The second kappa shape index (κ2) is 6.46. The number of thiazole rings is 1. The number of halogens is 1. The van der Waals surface area contributed by atoms with Crippen LogP contribution in [0.15, 0.2) is 48.0 Å². The van der Waals surface area contributed by atoms with Crippen LogP contribution in [0.25, 0.3) is 17.0 Å². The molecule has 0 aliphatic carbocycles. The van der Waals surface area contributed by atoms with E-state index in [1.165, 1.54) is 29.2 Å². The summed E-state index contributed by atoms with van der Waals surface area (Å²) in [5, 5.41) is 6.10. The Morgan fingerprint density at radius 3 is 2.48 bits per heavy atom. The van der Waals surface area contributed by atoms with Gasteiger partial charge in [0.2, 0.25) is 0 Å². The first-order valence-electron chi connectivity index (χ1n) is 8.79. The molecule has 0 spiro atoms. The number of aromatic nitrogens is 3. The van der Waals surface area contributed by atoms with Crippen molar-refractivity contribution < 1.29 is 4.39 Å². The second-order valence-corrected chi connectivity index (χ2v) is 8.47. The first kappa shape index (κ1) is 17.7. The third kappa shape index (κ3) is 3.45. The van der Waals surface area contributed by atoms with Crippen LogP contribution in [-0.4, -0.2) is 14.4 Å². The molecule has 0 saturated heterocycles. The second-order valence-electron chi connectivity index (χ2n) is 7.61. The third-order valence-electron chi connectivity index (χ3n) is 4.51. The highest BCUT2D eigenvalue weighted by molar-refractivity contribution is 7.14. The Kier molecular flexibility index (Phi) is 4.23. The summed E-state index contributed by atoms with van der Waals surface area (Å²) in [5.74, 6) is -0.298. The molecule has 3 heterocycles. The minimum Gasteiger partial charge on any atom is -0.332 e. The zero-order chi connectivity index (χ0) is 19.2. The summed E-state index contributed by atoms with van der Waals surface area (Å²) >= 11 is 1.52. The molecule has 0 unspecified atom stereocenters. The van der Waals surface area contributed by atoms with Crippen LogP contribution >= 0.6 is 11.3 Å². The van der Waals surface area contributed by atoms with Crippen molar-refractivity contribution in [3.63, 3.8) is 0 Å². The predicted molar refractivity (Wildman–Crippen MR) is 109 cm³/mol. The molecule has 27 heavy (non-hydrogen) atoms. The minimum absolute atomic E-state index is 0.128. The van der Waals surface area contributed by atoms with Crippen LogP contribution in [0.5, 0.6) is 0 Å². The quantitative estimate of drug-likeness (QED) is 0.478. The van der Waals surface area contributed by atoms with Crippen molar-refractivity contribution in [1.29, 1.82) is 0 Å². The van der Waals surface area contributed by atoms with Crippen molar-refractivity contribution in [1.82, 2.24) is 14.4 Å². The summed E-state index contributed by atoms with van der Waals surface area (Å²) < 4.78 is 15.4. The van der Waals surface area contributed by atoms with E-state index < -0.39 is 0 Å². The summed E-state index contributed by atoms with van der Waals surface area (Å²) in [6.45, 7) is 8.51. The maximum atomic E-state index is 13.7. The zero-order valence-corrected chi connectivity index (χ0v) is 16.6. The number of hydrogen-bond donors (Lipinski definition) is 1. The number of anilines is 2. The van der Waals surface area contributed by atoms with Gasteiger partial charge in [0, 0.05) is 17.3 Å². The number of pyridine rings is 1. The molecule has 0 atom stereocenters. The maximum Gasteiger partial charge on any atom is 0.187 e. The molecule has 0 aliphatic heterocycles. The first-order chi connectivity index (χ1) is 12.8. The summed E-state index contributed by atoms with van der Waals surface area (Å²) in [5.41, 5.74) is 5.54. The van der Waals surface area contributed by atoms with Crippen molar-refractivity contribution in [2.24, 2.45) is 0 Å². The summed E-state index contributed by atoms with van der Waals surface area (Å²) in [6, 6.07) is 11.5. The fraction of sp³-hybridized carbons (Fsp3) is 0.238. The molecule has 6 heteroatoms. The average Bonchev–Trinajstić information content (AvgIpc) is 3.17. The van der Waals surface area contributed by atoms with Crippen LogP contribution in [0.3, 0.4) is 0 Å². The number of aryl methyl sites for hydroxylation is 1. The lowest BCUT2D eigenvalue weighted by Gasteiger charge is -2.19. The average molecular weight is 380 g/mol. The van der Waals surface area contributed by atoms with Gasteiger partial charge in [0.25, 0.3) is 0 Å². The first-order valence-corrected chi connectivity index (χ1v) is 9.67. The largest absolute Gasteiger partial charge is 0.332 e. The lowest BCUT2D eigenvalue weighted by atomic mass is 9.87. The molecule has 4 rings (SSSR count). The molecule has 0 radical (unpaired) electrons. The molecule has 3 aromatic heterocycles. The Balaban J connectivity index is 1.63. The number of hydrogen-bond acceptors (Lipinski definition) is 4. The Hall–Kier alpha value is -2.73. The Labute approximate surface area is 161 Å². The van der Waals surface area contributed by atoms with Gasteiger partial charge in [0.05, 0.1) is 11.4 Å². The molecule has 4 nitrogen and oxygen atoms in total. The molecule has 0 fully saturated rings. The minimum atomic E-state index is -0.298. The molecule has 0 aliphatic rings. The fourth-order valence-electron chi connectivity index (χ4n) is 3.06. The van der Waals surface area contributed by atoms with Gasteiger partial charge in [-0.25, -0.2) is 14.4 Å². The van der Waals surface area contributed by atoms with Crippen LogP contribution in [0.2, 0.25) is 0 Å². The van der Waals surface area contributed by atoms with Crippen molar-refractivity contribution in [2.75, 3.05) is 5.32 Å². The van der Waals surface area contributed by atoms with E-state index in [-0.39, 0.29) is 11.2 Å². The molecule has 1 aromatic carbocycles. The van der Waals surface area contributed by atoms with Gasteiger partial charge >= 0.3 is 0 Å². The monoisotopic (exact) mass is 380 g/mol. The predicted octanol–water partition coefficient (Wildman–Crippen LogP) is 5.95. The van der Waals surface area contributed by atoms with Crippen LogP contribution < -0.4 is 5.32 Å². The number of nitrogens with zero attached hydrogens (tertiary/aromatic N) is 3. The molecular weight excluding hydrogens is 359 g/mol. The number of benzene rings is 1. The van der Waals surface area contributed by atoms with Crippen LogP contribution in [0, 0.1) is 12.7 Å². The van der Waals surface area contributed by atoms with Crippen LogP contribution in [0.1, 0.15) is 32.0 Å². The highest BCUT2D eigenvalue weighted by Crippen LogP contribution is 2.31. The van der Waals surface area contributed by atoms with Gasteiger partial charge in [-0.1, -0.05) is 32.9 Å². The van der Waals surface area contributed by atoms with Gasteiger partial charge in [-0.05, 0) is 42.2 Å². The van der Waals surface area contributed by atoms with Gasteiger partial charge in [-0.2, -0.15) is 0 Å². The van der Waals surface area contributed by atoms with E-state index in [0.717, 1.165) is 27.9 Å². The molecule has 138 valence electrons. The zero-order valence-electron chi connectivity index (χ0n) is 15.7. The number of nitrogens with one attached hydrogen (secondary N) is 1. The van der Waals surface area contributed by atoms with E-state index in [1.807, 2.05) is 12.3 Å². The summed E-state index contributed by atoms with van der Waals surface area (Å²) in [6.07, 6.45) is 1.45. The lowest BCUT2D eigenvalue weighted by molar-refractivity contribution is 0.590. The Morgan fingerprint density at radius 1 is 1.04 bits per heavy atom. The van der Waals surface area contributed by atoms with Gasteiger partial charge < -0.3 is 5.32 Å². The van der Waals surface area contributed by atoms with Crippen LogP contribution in [0.4, 0.5) is 15.2 Å². The summed E-state index contributed by atoms with van der Waals surface area (Å²) in [7, 11) is 0.